The molecule has 1 spiro atoms. The third kappa shape index (κ3) is 1.83. The number of fused-ring (bicyclic) bond motifs is 2. The van der Waals surface area contributed by atoms with E-state index in [0.29, 0.717) is 4.88 Å². The van der Waals surface area contributed by atoms with Crippen LogP contribution in [0.5, 0.6) is 0 Å². The highest BCUT2D eigenvalue weighted by Crippen LogP contribution is 2.57. The monoisotopic (exact) mass is 337 g/mol. The van der Waals surface area contributed by atoms with Gasteiger partial charge in [-0.25, -0.2) is 14.4 Å². The first kappa shape index (κ1) is 14.1. The molecule has 1 aliphatic carbocycles. The average Bonchev–Trinajstić information content (AvgIpc) is 3.15. The van der Waals surface area contributed by atoms with E-state index in [0.717, 1.165) is 41.6 Å². The van der Waals surface area contributed by atoms with Crippen molar-refractivity contribution in [2.45, 2.75) is 25.2 Å². The van der Waals surface area contributed by atoms with E-state index in [-0.39, 0.29) is 22.3 Å². The van der Waals surface area contributed by atoms with E-state index in [1.54, 1.807) is 4.90 Å². The van der Waals surface area contributed by atoms with Gasteiger partial charge in [0.05, 0.1) is 16.6 Å². The first-order valence-corrected chi connectivity index (χ1v) is 8.20. The summed E-state index contributed by atoms with van der Waals surface area (Å²) in [6.07, 6.45) is 3.22. The maximum Gasteiger partial charge on any atom is 0.255 e. The minimum Gasteiger partial charge on any atom is -0.341 e. The third-order valence-electron chi connectivity index (χ3n) is 4.51. The van der Waals surface area contributed by atoms with Crippen molar-refractivity contribution in [1.29, 1.82) is 0 Å². The van der Waals surface area contributed by atoms with Gasteiger partial charge < -0.3 is 4.90 Å². The molecule has 2 aromatic rings. The van der Waals surface area contributed by atoms with Crippen LogP contribution in [-0.2, 0) is 5.41 Å². The van der Waals surface area contributed by atoms with Gasteiger partial charge in [-0.1, -0.05) is 0 Å². The summed E-state index contributed by atoms with van der Waals surface area (Å²) in [6, 6.07) is 0. The predicted octanol–water partition coefficient (Wildman–Crippen LogP) is 3.42. The molecule has 0 N–H and O–H groups in total. The average molecular weight is 338 g/mol. The Bertz CT molecular complexity index is 815. The molecule has 0 atom stereocenters. The van der Waals surface area contributed by atoms with Crippen LogP contribution < -0.4 is 0 Å². The summed E-state index contributed by atoms with van der Waals surface area (Å²) in [4.78, 5) is 23.7. The molecule has 0 saturated heterocycles. The Morgan fingerprint density at radius 1 is 1.45 bits per heavy atom. The van der Waals surface area contributed by atoms with E-state index >= 15 is 0 Å². The zero-order chi connectivity index (χ0) is 15.6. The highest BCUT2D eigenvalue weighted by atomic mass is 35.5. The van der Waals surface area contributed by atoms with Gasteiger partial charge in [0.25, 0.3) is 5.91 Å². The van der Waals surface area contributed by atoms with E-state index < -0.39 is 5.82 Å². The Labute approximate surface area is 136 Å². The van der Waals surface area contributed by atoms with E-state index in [1.807, 2.05) is 14.0 Å². The molecule has 0 bridgehead atoms. The molecule has 1 saturated carbocycles. The number of likely N-dealkylation sites (N-methyl/N-ethyl adjacent to an activating group) is 1. The van der Waals surface area contributed by atoms with Crippen LogP contribution in [0.3, 0.4) is 0 Å². The number of hydrogen-bond donors (Lipinski definition) is 0. The van der Waals surface area contributed by atoms with Gasteiger partial charge in [-0.3, -0.25) is 4.79 Å². The van der Waals surface area contributed by atoms with Crippen molar-refractivity contribution in [3.63, 3.8) is 0 Å². The smallest absolute Gasteiger partial charge is 0.255 e. The maximum absolute atomic E-state index is 14.1. The van der Waals surface area contributed by atoms with E-state index in [9.17, 15) is 9.18 Å². The molecule has 7 heteroatoms. The third-order valence-corrected chi connectivity index (χ3v) is 6.24. The number of amides is 1. The van der Waals surface area contributed by atoms with Gasteiger partial charge in [-0.2, -0.15) is 0 Å². The molecule has 2 aliphatic rings. The lowest BCUT2D eigenvalue weighted by molar-refractivity contribution is 0.0760. The van der Waals surface area contributed by atoms with Crippen molar-refractivity contribution in [1.82, 2.24) is 14.9 Å². The molecular weight excluding hydrogens is 325 g/mol. The van der Waals surface area contributed by atoms with Crippen LogP contribution in [0.25, 0.3) is 10.6 Å². The summed E-state index contributed by atoms with van der Waals surface area (Å²) in [5.74, 6) is -0.509. The number of hydrogen-bond acceptors (Lipinski definition) is 4. The Hall–Kier alpha value is -1.53. The van der Waals surface area contributed by atoms with Crippen LogP contribution >= 0.6 is 22.9 Å². The molecule has 0 unspecified atom stereocenters. The first-order chi connectivity index (χ1) is 10.4. The SMILES string of the molecule is Cc1c(-c2nc(Cl)ncc2F)sc2c1C(=O)N(C)CC21CC1. The van der Waals surface area contributed by atoms with Crippen molar-refractivity contribution >= 4 is 28.8 Å². The van der Waals surface area contributed by atoms with Crippen molar-refractivity contribution in [3.8, 4) is 10.6 Å². The second-order valence-corrected chi connectivity index (χ2v) is 7.40. The molecule has 4 rings (SSSR count). The standard InChI is InChI=1S/C15H13ClFN3OS/c1-7-9-12(15(3-4-15)6-20(2)13(9)21)22-11(7)10-8(17)5-18-14(16)19-10/h5H,3-4,6H2,1-2H3. The Morgan fingerprint density at radius 3 is 2.86 bits per heavy atom. The number of halogens is 2. The minimum absolute atomic E-state index is 0.00625. The molecule has 3 heterocycles. The fourth-order valence-electron chi connectivity index (χ4n) is 3.20. The molecule has 1 amide bonds. The second kappa shape index (κ2) is 4.49. The van der Waals surface area contributed by atoms with Gasteiger partial charge in [0.15, 0.2) is 5.82 Å². The van der Waals surface area contributed by atoms with Crippen LogP contribution in [0.15, 0.2) is 6.20 Å². The molecule has 114 valence electrons. The number of aromatic nitrogens is 2. The van der Waals surface area contributed by atoms with Gasteiger partial charge in [-0.15, -0.1) is 11.3 Å². The Kier molecular flexibility index (Phi) is 2.87. The second-order valence-electron chi connectivity index (χ2n) is 6.04. The topological polar surface area (TPSA) is 46.1 Å². The molecule has 1 aliphatic heterocycles. The molecular formula is C15H13ClFN3OS. The summed E-state index contributed by atoms with van der Waals surface area (Å²) in [5, 5.41) is 0.00625. The molecule has 0 radical (unpaired) electrons. The van der Waals surface area contributed by atoms with Gasteiger partial charge in [0.2, 0.25) is 5.28 Å². The lowest BCUT2D eigenvalue weighted by atomic mass is 9.92. The summed E-state index contributed by atoms with van der Waals surface area (Å²) in [6.45, 7) is 2.60. The van der Waals surface area contributed by atoms with E-state index in [2.05, 4.69) is 9.97 Å². The Morgan fingerprint density at radius 2 is 2.18 bits per heavy atom. The van der Waals surface area contributed by atoms with Crippen molar-refractivity contribution < 1.29 is 9.18 Å². The van der Waals surface area contributed by atoms with Crippen molar-refractivity contribution in [2.24, 2.45) is 0 Å². The van der Waals surface area contributed by atoms with Crippen LogP contribution in [0, 0.1) is 12.7 Å². The zero-order valence-electron chi connectivity index (χ0n) is 12.1. The van der Waals surface area contributed by atoms with E-state index in [1.165, 1.54) is 11.3 Å². The Balaban J connectivity index is 1.96. The van der Waals surface area contributed by atoms with Gasteiger partial charge in [-0.05, 0) is 36.9 Å². The fraction of sp³-hybridized carbons (Fsp3) is 0.400. The van der Waals surface area contributed by atoms with Crippen molar-refractivity contribution in [2.75, 3.05) is 13.6 Å². The fourth-order valence-corrected chi connectivity index (χ4v) is 4.86. The number of carbonyl (C=O) groups excluding carboxylic acids is 1. The summed E-state index contributed by atoms with van der Waals surface area (Å²) in [5.41, 5.74) is 1.76. The van der Waals surface area contributed by atoms with Gasteiger partial charge in [0, 0.05) is 23.9 Å². The van der Waals surface area contributed by atoms with Gasteiger partial charge in [0.1, 0.15) is 5.69 Å². The van der Waals surface area contributed by atoms with E-state index in [4.69, 9.17) is 11.6 Å². The molecule has 0 aromatic carbocycles. The number of thiophene rings is 1. The molecule has 2 aromatic heterocycles. The molecule has 1 fully saturated rings. The summed E-state index contributed by atoms with van der Waals surface area (Å²) in [7, 11) is 1.82. The maximum atomic E-state index is 14.1. The van der Waals surface area contributed by atoms with Crippen LogP contribution in [-0.4, -0.2) is 34.4 Å². The number of carbonyl (C=O) groups is 1. The zero-order valence-corrected chi connectivity index (χ0v) is 13.7. The summed E-state index contributed by atoms with van der Waals surface area (Å²) >= 11 is 7.28. The highest BCUT2D eigenvalue weighted by molar-refractivity contribution is 7.16. The highest BCUT2D eigenvalue weighted by Gasteiger charge is 2.53. The normalized spacial score (nSPS) is 18.7. The van der Waals surface area contributed by atoms with Crippen LogP contribution in [0.2, 0.25) is 5.28 Å². The van der Waals surface area contributed by atoms with Crippen LogP contribution in [0.4, 0.5) is 4.39 Å². The predicted molar refractivity (Wildman–Crippen MR) is 82.9 cm³/mol. The number of rotatable bonds is 1. The van der Waals surface area contributed by atoms with Crippen molar-refractivity contribution in [3.05, 3.63) is 33.3 Å². The first-order valence-electron chi connectivity index (χ1n) is 7.01. The quantitative estimate of drug-likeness (QED) is 0.749. The molecule has 4 nitrogen and oxygen atoms in total. The largest absolute Gasteiger partial charge is 0.341 e. The molecule has 22 heavy (non-hydrogen) atoms. The number of nitrogens with zero attached hydrogens (tertiary/aromatic N) is 3. The van der Waals surface area contributed by atoms with Gasteiger partial charge >= 0.3 is 0 Å². The van der Waals surface area contributed by atoms with Crippen LogP contribution in [0.1, 0.15) is 33.6 Å². The lowest BCUT2D eigenvalue weighted by Crippen LogP contribution is -2.40. The minimum atomic E-state index is -0.517. The lowest BCUT2D eigenvalue weighted by Gasteiger charge is -2.30. The summed E-state index contributed by atoms with van der Waals surface area (Å²) < 4.78 is 14.1.